The molecule has 3 unspecified atom stereocenters. The number of alkyl halides is 3. The van der Waals surface area contributed by atoms with Gasteiger partial charge in [0.15, 0.2) is 0 Å². The highest BCUT2D eigenvalue weighted by molar-refractivity contribution is 5.84. The first kappa shape index (κ1) is 22.3. The largest absolute Gasteiger partial charge is 0.446 e. The van der Waals surface area contributed by atoms with E-state index < -0.39 is 17.8 Å². The van der Waals surface area contributed by atoms with Gasteiger partial charge in [0.1, 0.15) is 6.10 Å². The minimum atomic E-state index is -4.46. The number of halogens is 3. The standard InChI is InChI=1S/C26H29F3N2O2/c27-26(28,29)19-9-6-10-20(16-19)30-25(32)33-24-15-18-14-21(24)22-11-4-5-12-31(22)23(18)13-17-7-2-1-3-8-17/h1-3,6-10,16,18,21-24H,4-5,11-15H2,(H,30,32)/t18?,21?,22-,23+,24?/m1/s1. The van der Waals surface area contributed by atoms with Gasteiger partial charge in [0, 0.05) is 23.7 Å². The normalized spacial score (nSPS) is 29.4. The molecule has 2 bridgehead atoms. The molecule has 4 nitrogen and oxygen atoms in total. The summed E-state index contributed by atoms with van der Waals surface area (Å²) in [5.74, 6) is 0.741. The molecular formula is C26H29F3N2O2. The molecule has 1 amide bonds. The van der Waals surface area contributed by atoms with E-state index in [-0.39, 0.29) is 17.7 Å². The molecule has 1 aliphatic carbocycles. The first-order valence-electron chi connectivity index (χ1n) is 11.8. The Labute approximate surface area is 192 Å². The number of anilines is 1. The van der Waals surface area contributed by atoms with Crippen LogP contribution in [0.4, 0.5) is 23.7 Å². The molecule has 5 rings (SSSR count). The van der Waals surface area contributed by atoms with Gasteiger partial charge < -0.3 is 4.74 Å². The number of hydrogen-bond acceptors (Lipinski definition) is 3. The topological polar surface area (TPSA) is 41.6 Å². The van der Waals surface area contributed by atoms with Crippen molar-refractivity contribution in [1.82, 2.24) is 4.90 Å². The SMILES string of the molecule is O=C(Nc1cccc(C(F)(F)F)c1)OC1CC2CC1[C@H]1CCCCN1[C@H]2Cc1ccccc1. The maximum atomic E-state index is 13.0. The second kappa shape index (κ2) is 9.01. The minimum Gasteiger partial charge on any atom is -0.446 e. The summed E-state index contributed by atoms with van der Waals surface area (Å²) >= 11 is 0. The molecule has 7 heteroatoms. The second-order valence-electron chi connectivity index (χ2n) is 9.60. The van der Waals surface area contributed by atoms with Crippen LogP contribution in [0.1, 0.15) is 43.2 Å². The second-order valence-corrected chi connectivity index (χ2v) is 9.60. The molecule has 0 radical (unpaired) electrons. The van der Waals surface area contributed by atoms with Gasteiger partial charge in [-0.15, -0.1) is 0 Å². The third-order valence-electron chi connectivity index (χ3n) is 7.63. The summed E-state index contributed by atoms with van der Waals surface area (Å²) in [6.07, 6.45) is 1.01. The van der Waals surface area contributed by atoms with Crippen LogP contribution in [-0.4, -0.2) is 35.7 Å². The summed E-state index contributed by atoms with van der Waals surface area (Å²) in [7, 11) is 0. The quantitative estimate of drug-likeness (QED) is 0.599. The molecule has 0 spiro atoms. The Bertz CT molecular complexity index is 981. The number of carbonyl (C=O) groups excluding carboxylic acids is 1. The number of piperidine rings is 2. The van der Waals surface area contributed by atoms with Gasteiger partial charge in [-0.1, -0.05) is 42.8 Å². The van der Waals surface area contributed by atoms with E-state index in [0.717, 1.165) is 44.4 Å². The highest BCUT2D eigenvalue weighted by Crippen LogP contribution is 2.49. The van der Waals surface area contributed by atoms with Crippen molar-refractivity contribution >= 4 is 11.8 Å². The van der Waals surface area contributed by atoms with Gasteiger partial charge >= 0.3 is 12.3 Å². The van der Waals surface area contributed by atoms with E-state index in [2.05, 4.69) is 34.5 Å². The van der Waals surface area contributed by atoms with Crippen LogP contribution < -0.4 is 5.32 Å². The van der Waals surface area contributed by atoms with Crippen LogP contribution in [0.15, 0.2) is 54.6 Å². The Balaban J connectivity index is 1.28. The maximum Gasteiger partial charge on any atom is 0.416 e. The number of nitrogens with zero attached hydrogens (tertiary/aromatic N) is 1. The summed E-state index contributed by atoms with van der Waals surface area (Å²) in [5.41, 5.74) is 0.632. The Morgan fingerprint density at radius 2 is 1.88 bits per heavy atom. The van der Waals surface area contributed by atoms with Gasteiger partial charge in [-0.25, -0.2) is 4.79 Å². The third-order valence-corrected chi connectivity index (χ3v) is 7.63. The Kier molecular flexibility index (Phi) is 6.08. The zero-order valence-corrected chi connectivity index (χ0v) is 18.4. The molecular weight excluding hydrogens is 429 g/mol. The summed E-state index contributed by atoms with van der Waals surface area (Å²) in [6, 6.07) is 16.0. The van der Waals surface area contributed by atoms with E-state index in [4.69, 9.17) is 4.74 Å². The molecule has 33 heavy (non-hydrogen) atoms. The van der Waals surface area contributed by atoms with Crippen molar-refractivity contribution in [3.63, 3.8) is 0 Å². The van der Waals surface area contributed by atoms with E-state index in [9.17, 15) is 18.0 Å². The first-order chi connectivity index (χ1) is 15.9. The molecule has 2 aliphatic heterocycles. The van der Waals surface area contributed by atoms with E-state index in [0.29, 0.717) is 18.0 Å². The van der Waals surface area contributed by atoms with Crippen LogP contribution in [0.2, 0.25) is 0 Å². The third kappa shape index (κ3) is 4.74. The summed E-state index contributed by atoms with van der Waals surface area (Å²) in [4.78, 5) is 15.3. The molecule has 176 valence electrons. The Morgan fingerprint density at radius 1 is 1.06 bits per heavy atom. The van der Waals surface area contributed by atoms with Gasteiger partial charge in [-0.2, -0.15) is 13.2 Å². The molecule has 1 N–H and O–H groups in total. The van der Waals surface area contributed by atoms with E-state index in [1.807, 2.05) is 6.07 Å². The lowest BCUT2D eigenvalue weighted by Crippen LogP contribution is -2.55. The Hall–Kier alpha value is -2.54. The number of amides is 1. The first-order valence-corrected chi connectivity index (χ1v) is 11.8. The number of carbonyl (C=O) groups is 1. The number of nitrogens with one attached hydrogen (secondary N) is 1. The van der Waals surface area contributed by atoms with Crippen molar-refractivity contribution in [2.75, 3.05) is 11.9 Å². The zero-order valence-electron chi connectivity index (χ0n) is 18.4. The fourth-order valence-electron chi connectivity index (χ4n) is 6.24. The average molecular weight is 459 g/mol. The van der Waals surface area contributed by atoms with Crippen molar-refractivity contribution in [2.24, 2.45) is 11.8 Å². The van der Waals surface area contributed by atoms with Crippen LogP contribution in [0.5, 0.6) is 0 Å². The van der Waals surface area contributed by atoms with Crippen molar-refractivity contribution in [2.45, 2.75) is 62.9 Å². The fraction of sp³-hybridized carbons (Fsp3) is 0.500. The predicted molar refractivity (Wildman–Crippen MR) is 120 cm³/mol. The molecule has 3 aliphatic rings. The highest BCUT2D eigenvalue weighted by atomic mass is 19.4. The van der Waals surface area contributed by atoms with Crippen molar-refractivity contribution in [3.8, 4) is 0 Å². The van der Waals surface area contributed by atoms with Crippen molar-refractivity contribution in [3.05, 3.63) is 65.7 Å². The highest BCUT2D eigenvalue weighted by Gasteiger charge is 2.52. The Morgan fingerprint density at radius 3 is 2.67 bits per heavy atom. The molecule has 1 saturated carbocycles. The molecule has 2 saturated heterocycles. The summed E-state index contributed by atoms with van der Waals surface area (Å²) in [6.45, 7) is 1.08. The molecule has 3 fully saturated rings. The van der Waals surface area contributed by atoms with Crippen LogP contribution in [0.3, 0.4) is 0 Å². The number of benzene rings is 2. The zero-order chi connectivity index (χ0) is 23.0. The van der Waals surface area contributed by atoms with Gasteiger partial charge in [0.05, 0.1) is 5.56 Å². The van der Waals surface area contributed by atoms with Crippen molar-refractivity contribution in [1.29, 1.82) is 0 Å². The predicted octanol–water partition coefficient (Wildman–Crippen LogP) is 6.13. The van der Waals surface area contributed by atoms with Gasteiger partial charge in [-0.3, -0.25) is 10.2 Å². The lowest BCUT2D eigenvalue weighted by molar-refractivity contribution is -0.137. The van der Waals surface area contributed by atoms with Crippen LogP contribution in [-0.2, 0) is 17.3 Å². The average Bonchev–Trinajstić information content (AvgIpc) is 3.16. The number of ether oxygens (including phenoxy) is 1. The molecule has 2 aromatic rings. The van der Waals surface area contributed by atoms with E-state index in [1.54, 1.807) is 0 Å². The van der Waals surface area contributed by atoms with Crippen LogP contribution >= 0.6 is 0 Å². The van der Waals surface area contributed by atoms with Crippen LogP contribution in [0, 0.1) is 11.8 Å². The smallest absolute Gasteiger partial charge is 0.416 e. The van der Waals surface area contributed by atoms with Gasteiger partial charge in [-0.05, 0) is 68.3 Å². The minimum absolute atomic E-state index is 0.0945. The number of rotatable bonds is 4. The number of hydrogen-bond donors (Lipinski definition) is 1. The van der Waals surface area contributed by atoms with Gasteiger partial charge in [0.2, 0.25) is 0 Å². The molecule has 0 aromatic heterocycles. The van der Waals surface area contributed by atoms with Gasteiger partial charge in [0.25, 0.3) is 0 Å². The van der Waals surface area contributed by atoms with Crippen molar-refractivity contribution < 1.29 is 22.7 Å². The maximum absolute atomic E-state index is 13.0. The van der Waals surface area contributed by atoms with E-state index in [1.165, 1.54) is 30.5 Å². The lowest BCUT2D eigenvalue weighted by atomic mass is 9.79. The summed E-state index contributed by atoms with van der Waals surface area (Å²) in [5, 5.41) is 2.51. The number of fused-ring (bicyclic) bond motifs is 4. The fourth-order valence-corrected chi connectivity index (χ4v) is 6.24. The van der Waals surface area contributed by atoms with Crippen LogP contribution in [0.25, 0.3) is 0 Å². The monoisotopic (exact) mass is 458 g/mol. The summed E-state index contributed by atoms with van der Waals surface area (Å²) < 4.78 is 44.8. The lowest BCUT2D eigenvalue weighted by Gasteiger charge is -2.49. The van der Waals surface area contributed by atoms with E-state index >= 15 is 0 Å². The molecule has 5 atom stereocenters. The molecule has 2 heterocycles. The molecule has 2 aromatic carbocycles.